The molecule has 0 aliphatic carbocycles. The second-order valence-electron chi connectivity index (χ2n) is 6.21. The average Bonchev–Trinajstić information content (AvgIpc) is 2.98. The van der Waals surface area contributed by atoms with E-state index in [2.05, 4.69) is 34.3 Å². The number of thiophene rings is 1. The fourth-order valence-corrected chi connectivity index (χ4v) is 4.18. The number of anilines is 2. The van der Waals surface area contributed by atoms with Gasteiger partial charge in [0.05, 0.1) is 10.9 Å². The van der Waals surface area contributed by atoms with E-state index in [-0.39, 0.29) is 5.56 Å². The minimum absolute atomic E-state index is 0.251. The third-order valence-electron chi connectivity index (χ3n) is 4.30. The molecule has 2 heterocycles. The minimum Gasteiger partial charge on any atom is -0.478 e. The van der Waals surface area contributed by atoms with E-state index in [1.807, 2.05) is 25.1 Å². The van der Waals surface area contributed by atoms with Gasteiger partial charge in [-0.15, -0.1) is 11.3 Å². The van der Waals surface area contributed by atoms with Gasteiger partial charge in [0.25, 0.3) is 0 Å². The van der Waals surface area contributed by atoms with Gasteiger partial charge in [0.15, 0.2) is 0 Å². The van der Waals surface area contributed by atoms with E-state index in [0.717, 1.165) is 32.8 Å². The summed E-state index contributed by atoms with van der Waals surface area (Å²) >= 11 is 1.65. The zero-order chi connectivity index (χ0) is 19.0. The second-order valence-corrected chi connectivity index (χ2v) is 7.41. The van der Waals surface area contributed by atoms with E-state index >= 15 is 0 Å². The number of carbonyl (C=O) groups is 1. The van der Waals surface area contributed by atoms with Crippen molar-refractivity contribution in [2.75, 3.05) is 5.32 Å². The van der Waals surface area contributed by atoms with Crippen LogP contribution in [0, 0.1) is 13.8 Å². The molecule has 2 aromatic carbocycles. The number of hydrogen-bond acceptors (Lipinski definition) is 5. The Kier molecular flexibility index (Phi) is 4.33. The first kappa shape index (κ1) is 17.2. The van der Waals surface area contributed by atoms with Gasteiger partial charge < -0.3 is 10.4 Å². The fourth-order valence-electron chi connectivity index (χ4n) is 3.09. The van der Waals surface area contributed by atoms with Gasteiger partial charge in [-0.3, -0.25) is 0 Å². The predicted octanol–water partition coefficient (Wildman–Crippen LogP) is 5.42. The van der Waals surface area contributed by atoms with Crippen LogP contribution < -0.4 is 5.32 Å². The van der Waals surface area contributed by atoms with Crippen LogP contribution in [0.4, 0.5) is 11.5 Å². The molecule has 0 spiro atoms. The van der Waals surface area contributed by atoms with E-state index in [9.17, 15) is 4.79 Å². The molecule has 4 aromatic rings. The van der Waals surface area contributed by atoms with Gasteiger partial charge in [-0.2, -0.15) is 0 Å². The Bertz CT molecular complexity index is 1140. The molecule has 0 fully saturated rings. The molecule has 2 N–H and O–H groups in total. The normalized spacial score (nSPS) is 10.9. The predicted molar refractivity (Wildman–Crippen MR) is 109 cm³/mol. The summed E-state index contributed by atoms with van der Waals surface area (Å²) in [5.41, 5.74) is 3.28. The van der Waals surface area contributed by atoms with Crippen molar-refractivity contribution >= 4 is 39.0 Å². The van der Waals surface area contributed by atoms with Gasteiger partial charge in [0.2, 0.25) is 0 Å². The standard InChI is InChI=1S/C21H17N3O2S/c1-12-17(14-6-4-3-5-7-14)18-19(22-13(2)23-20(18)27-12)24-16-10-8-15(9-11-16)21(25)26/h3-11H,1-2H3,(H,25,26)(H,22,23,24). The van der Waals surface area contributed by atoms with Crippen molar-refractivity contribution in [3.8, 4) is 11.1 Å². The molecule has 0 radical (unpaired) electrons. The van der Waals surface area contributed by atoms with Crippen molar-refractivity contribution < 1.29 is 9.90 Å². The number of carboxylic acids is 1. The number of nitrogens with one attached hydrogen (secondary N) is 1. The van der Waals surface area contributed by atoms with Gasteiger partial charge in [-0.25, -0.2) is 14.8 Å². The van der Waals surface area contributed by atoms with Crippen molar-refractivity contribution in [3.05, 3.63) is 70.9 Å². The monoisotopic (exact) mass is 375 g/mol. The Morgan fingerprint density at radius 2 is 1.70 bits per heavy atom. The van der Waals surface area contributed by atoms with E-state index in [0.29, 0.717) is 5.82 Å². The number of aromatic carboxylic acids is 1. The molecule has 2 aromatic heterocycles. The quantitative estimate of drug-likeness (QED) is 0.498. The summed E-state index contributed by atoms with van der Waals surface area (Å²) < 4.78 is 0. The first-order valence-electron chi connectivity index (χ1n) is 8.46. The molecule has 0 atom stereocenters. The topological polar surface area (TPSA) is 75.1 Å². The maximum Gasteiger partial charge on any atom is 0.335 e. The average molecular weight is 375 g/mol. The van der Waals surface area contributed by atoms with Crippen molar-refractivity contribution in [2.24, 2.45) is 0 Å². The first-order chi connectivity index (χ1) is 13.0. The highest BCUT2D eigenvalue weighted by Gasteiger charge is 2.18. The smallest absolute Gasteiger partial charge is 0.335 e. The SMILES string of the molecule is Cc1nc(Nc2ccc(C(=O)O)cc2)c2c(-c3ccccc3)c(C)sc2n1. The molecule has 0 bridgehead atoms. The Morgan fingerprint density at radius 3 is 2.37 bits per heavy atom. The van der Waals surface area contributed by atoms with Crippen LogP contribution >= 0.6 is 11.3 Å². The lowest BCUT2D eigenvalue weighted by molar-refractivity contribution is 0.0697. The highest BCUT2D eigenvalue weighted by Crippen LogP contribution is 2.41. The summed E-state index contributed by atoms with van der Waals surface area (Å²) in [5.74, 6) is 0.471. The highest BCUT2D eigenvalue weighted by atomic mass is 32.1. The molecule has 0 unspecified atom stereocenters. The first-order valence-corrected chi connectivity index (χ1v) is 9.28. The van der Waals surface area contributed by atoms with Crippen LogP contribution in [0.25, 0.3) is 21.3 Å². The Labute approximate surface area is 160 Å². The molecule has 6 heteroatoms. The van der Waals surface area contributed by atoms with Crippen molar-refractivity contribution in [1.82, 2.24) is 9.97 Å². The third-order valence-corrected chi connectivity index (χ3v) is 5.30. The summed E-state index contributed by atoms with van der Waals surface area (Å²) in [6, 6.07) is 16.8. The Morgan fingerprint density at radius 1 is 1.00 bits per heavy atom. The van der Waals surface area contributed by atoms with Crippen LogP contribution in [-0.2, 0) is 0 Å². The molecular weight excluding hydrogens is 358 g/mol. The lowest BCUT2D eigenvalue weighted by Gasteiger charge is -2.10. The second kappa shape index (κ2) is 6.81. The van der Waals surface area contributed by atoms with E-state index in [1.54, 1.807) is 35.6 Å². The highest BCUT2D eigenvalue weighted by molar-refractivity contribution is 7.19. The van der Waals surface area contributed by atoms with Gasteiger partial charge in [-0.05, 0) is 43.7 Å². The molecule has 27 heavy (non-hydrogen) atoms. The van der Waals surface area contributed by atoms with E-state index in [4.69, 9.17) is 5.11 Å². The summed E-state index contributed by atoms with van der Waals surface area (Å²) in [4.78, 5) is 22.4. The maximum atomic E-state index is 11.1. The molecule has 5 nitrogen and oxygen atoms in total. The fraction of sp³-hybridized carbons (Fsp3) is 0.0952. The molecular formula is C21H17N3O2S. The van der Waals surface area contributed by atoms with Crippen LogP contribution in [0.3, 0.4) is 0 Å². The van der Waals surface area contributed by atoms with Gasteiger partial charge >= 0.3 is 5.97 Å². The molecule has 134 valence electrons. The molecule has 0 saturated heterocycles. The molecule has 0 aliphatic rings. The number of nitrogens with zero attached hydrogens (tertiary/aromatic N) is 2. The zero-order valence-electron chi connectivity index (χ0n) is 14.9. The molecule has 4 rings (SSSR count). The number of aromatic nitrogens is 2. The number of carboxylic acid groups (broad SMARTS) is 1. The van der Waals surface area contributed by atoms with Crippen LogP contribution in [0.15, 0.2) is 54.6 Å². The largest absolute Gasteiger partial charge is 0.478 e. The van der Waals surface area contributed by atoms with Gasteiger partial charge in [-0.1, -0.05) is 30.3 Å². The van der Waals surface area contributed by atoms with Gasteiger partial charge in [0.1, 0.15) is 16.5 Å². The Hall–Kier alpha value is -3.25. The lowest BCUT2D eigenvalue weighted by atomic mass is 10.0. The van der Waals surface area contributed by atoms with Crippen molar-refractivity contribution in [2.45, 2.75) is 13.8 Å². The summed E-state index contributed by atoms with van der Waals surface area (Å²) in [7, 11) is 0. The minimum atomic E-state index is -0.943. The summed E-state index contributed by atoms with van der Waals surface area (Å²) in [6.07, 6.45) is 0. The zero-order valence-corrected chi connectivity index (χ0v) is 15.7. The number of fused-ring (bicyclic) bond motifs is 1. The van der Waals surface area contributed by atoms with Crippen LogP contribution in [-0.4, -0.2) is 21.0 Å². The van der Waals surface area contributed by atoms with Crippen LogP contribution in [0.5, 0.6) is 0 Å². The Balaban J connectivity index is 1.86. The van der Waals surface area contributed by atoms with E-state index < -0.39 is 5.97 Å². The summed E-state index contributed by atoms with van der Waals surface area (Å²) in [6.45, 7) is 3.96. The number of benzene rings is 2. The van der Waals surface area contributed by atoms with Crippen LogP contribution in [0.2, 0.25) is 0 Å². The third kappa shape index (κ3) is 3.27. The number of aryl methyl sites for hydroxylation is 2. The lowest BCUT2D eigenvalue weighted by Crippen LogP contribution is -2.00. The molecule has 0 saturated carbocycles. The maximum absolute atomic E-state index is 11.1. The van der Waals surface area contributed by atoms with Gasteiger partial charge in [0, 0.05) is 16.1 Å². The van der Waals surface area contributed by atoms with Crippen molar-refractivity contribution in [3.63, 3.8) is 0 Å². The molecule has 0 amide bonds. The van der Waals surface area contributed by atoms with Crippen LogP contribution in [0.1, 0.15) is 21.1 Å². The summed E-state index contributed by atoms with van der Waals surface area (Å²) in [5, 5.41) is 13.4. The number of hydrogen-bond donors (Lipinski definition) is 2. The molecule has 0 aliphatic heterocycles. The van der Waals surface area contributed by atoms with E-state index in [1.165, 1.54) is 4.88 Å². The number of rotatable bonds is 4. The van der Waals surface area contributed by atoms with Crippen molar-refractivity contribution in [1.29, 1.82) is 0 Å².